The minimum absolute atomic E-state index is 0.0848. The lowest BCUT2D eigenvalue weighted by atomic mass is 10.1. The highest BCUT2D eigenvalue weighted by Gasteiger charge is 2.32. The zero-order valence-electron chi connectivity index (χ0n) is 20.9. The number of anilines is 2. The van der Waals surface area contributed by atoms with Gasteiger partial charge in [0.1, 0.15) is 5.69 Å². The van der Waals surface area contributed by atoms with Crippen LogP contribution in [-0.4, -0.2) is 79.0 Å². The Morgan fingerprint density at radius 1 is 0.846 bits per heavy atom. The van der Waals surface area contributed by atoms with Gasteiger partial charge >= 0.3 is 6.18 Å². The second-order valence-electron chi connectivity index (χ2n) is 9.31. The van der Waals surface area contributed by atoms with Crippen molar-refractivity contribution in [2.45, 2.75) is 6.18 Å². The Bertz CT molecular complexity index is 1390. The minimum atomic E-state index is -4.40. The largest absolute Gasteiger partial charge is 0.416 e. The molecule has 3 aromatic rings. The first-order valence-corrected chi connectivity index (χ1v) is 13.3. The van der Waals surface area contributed by atoms with Crippen LogP contribution in [0.5, 0.6) is 0 Å². The monoisotopic (exact) mass is 554 g/mol. The Kier molecular flexibility index (Phi) is 7.43. The van der Waals surface area contributed by atoms with Crippen LogP contribution in [0.25, 0.3) is 0 Å². The molecule has 0 spiro atoms. The molecule has 0 N–H and O–H groups in total. The van der Waals surface area contributed by atoms with Gasteiger partial charge in [-0.3, -0.25) is 9.59 Å². The number of carbonyl (C=O) groups excluding carboxylic acids is 2. The van der Waals surface area contributed by atoms with Gasteiger partial charge in [0.2, 0.25) is 0 Å². The highest BCUT2D eigenvalue weighted by Crippen LogP contribution is 2.32. The molecule has 39 heavy (non-hydrogen) atoms. The van der Waals surface area contributed by atoms with Gasteiger partial charge in [-0.05, 0) is 42.5 Å². The number of alkyl halides is 3. The van der Waals surface area contributed by atoms with Crippen LogP contribution in [0.1, 0.15) is 32.0 Å². The molecule has 0 saturated carbocycles. The van der Waals surface area contributed by atoms with Gasteiger partial charge in [0.25, 0.3) is 11.8 Å². The van der Waals surface area contributed by atoms with E-state index in [0.717, 1.165) is 12.1 Å². The summed E-state index contributed by atoms with van der Waals surface area (Å²) < 4.78 is 39.2. The summed E-state index contributed by atoms with van der Waals surface area (Å²) in [6, 6.07) is 13.9. The van der Waals surface area contributed by atoms with E-state index in [1.807, 2.05) is 11.0 Å². The van der Waals surface area contributed by atoms with Crippen molar-refractivity contribution in [1.29, 1.82) is 5.26 Å². The highest BCUT2D eigenvalue weighted by atomic mass is 32.1. The molecule has 2 amide bonds. The van der Waals surface area contributed by atoms with E-state index in [-0.39, 0.29) is 11.8 Å². The number of aromatic nitrogens is 1. The van der Waals surface area contributed by atoms with Crippen LogP contribution >= 0.6 is 11.3 Å². The highest BCUT2D eigenvalue weighted by molar-refractivity contribution is 7.13. The molecule has 2 aromatic carbocycles. The van der Waals surface area contributed by atoms with E-state index in [9.17, 15) is 22.8 Å². The summed E-state index contributed by atoms with van der Waals surface area (Å²) >= 11 is 1.38. The van der Waals surface area contributed by atoms with E-state index in [1.54, 1.807) is 45.5 Å². The maximum Gasteiger partial charge on any atom is 0.416 e. The number of hydrogen-bond donors (Lipinski definition) is 0. The van der Waals surface area contributed by atoms with E-state index in [2.05, 4.69) is 9.88 Å². The lowest BCUT2D eigenvalue weighted by Gasteiger charge is -2.36. The predicted octanol–water partition coefficient (Wildman–Crippen LogP) is 3.96. The number of halogens is 3. The smallest absolute Gasteiger partial charge is 0.368 e. The lowest BCUT2D eigenvalue weighted by Crippen LogP contribution is -2.49. The van der Waals surface area contributed by atoms with Gasteiger partial charge in [0.05, 0.1) is 17.2 Å². The summed E-state index contributed by atoms with van der Waals surface area (Å²) in [6.45, 7) is 3.82. The van der Waals surface area contributed by atoms with Crippen LogP contribution in [0.3, 0.4) is 0 Å². The number of amides is 2. The molecule has 0 aliphatic carbocycles. The zero-order chi connectivity index (χ0) is 27.6. The van der Waals surface area contributed by atoms with Crippen molar-refractivity contribution in [3.63, 3.8) is 0 Å². The SMILES string of the molecule is N#Cc1ccc(C(=O)N2CCN(c3nc(C(=O)N4CCN(c5cccc(C(F)(F)F)c5)CC4)cs3)CC2)cc1. The predicted molar refractivity (Wildman–Crippen MR) is 141 cm³/mol. The Labute approximate surface area is 227 Å². The molecule has 3 heterocycles. The topological polar surface area (TPSA) is 83.8 Å². The molecule has 2 aliphatic rings. The van der Waals surface area contributed by atoms with E-state index in [0.29, 0.717) is 80.0 Å². The number of rotatable bonds is 4. The molecule has 2 saturated heterocycles. The van der Waals surface area contributed by atoms with Crippen molar-refractivity contribution in [2.24, 2.45) is 0 Å². The first-order valence-electron chi connectivity index (χ1n) is 12.4. The standard InChI is InChI=1S/C27H25F3N6O2S/c28-27(29,30)21-2-1-3-22(16-21)33-8-10-35(11-9-33)25(38)23-18-39-26(32-23)36-14-12-34(13-15-36)24(37)20-6-4-19(17-31)5-7-20/h1-7,16,18H,8-15H2. The van der Waals surface area contributed by atoms with Crippen molar-refractivity contribution >= 4 is 34.0 Å². The molecule has 0 atom stereocenters. The number of thiazole rings is 1. The van der Waals surface area contributed by atoms with Gasteiger partial charge in [-0.1, -0.05) is 6.07 Å². The molecular weight excluding hydrogens is 529 g/mol. The van der Waals surface area contributed by atoms with Gasteiger partial charge in [-0.15, -0.1) is 11.3 Å². The third-order valence-electron chi connectivity index (χ3n) is 6.92. The fraction of sp³-hybridized carbons (Fsp3) is 0.333. The van der Waals surface area contributed by atoms with E-state index in [4.69, 9.17) is 5.26 Å². The molecule has 12 heteroatoms. The zero-order valence-corrected chi connectivity index (χ0v) is 21.7. The number of piperazine rings is 2. The van der Waals surface area contributed by atoms with Gasteiger partial charge in [-0.25, -0.2) is 4.98 Å². The fourth-order valence-corrected chi connectivity index (χ4v) is 5.54. The maximum absolute atomic E-state index is 13.1. The molecule has 202 valence electrons. The van der Waals surface area contributed by atoms with Crippen LogP contribution in [-0.2, 0) is 6.18 Å². The second kappa shape index (κ2) is 10.9. The van der Waals surface area contributed by atoms with Crippen LogP contribution in [0.4, 0.5) is 24.0 Å². The van der Waals surface area contributed by atoms with Crippen LogP contribution in [0.2, 0.25) is 0 Å². The van der Waals surface area contributed by atoms with Crippen molar-refractivity contribution in [3.05, 3.63) is 76.3 Å². The van der Waals surface area contributed by atoms with Gasteiger partial charge < -0.3 is 19.6 Å². The Morgan fingerprint density at radius 2 is 1.46 bits per heavy atom. The number of nitrogens with zero attached hydrogens (tertiary/aromatic N) is 6. The normalized spacial score (nSPS) is 16.3. The summed E-state index contributed by atoms with van der Waals surface area (Å²) in [4.78, 5) is 37.8. The first kappa shape index (κ1) is 26.5. The molecule has 0 bridgehead atoms. The van der Waals surface area contributed by atoms with E-state index >= 15 is 0 Å². The van der Waals surface area contributed by atoms with Crippen molar-refractivity contribution in [3.8, 4) is 6.07 Å². The summed E-state index contributed by atoms with van der Waals surface area (Å²) in [5.41, 5.74) is 1.19. The number of nitriles is 1. The third kappa shape index (κ3) is 5.83. The summed E-state index contributed by atoms with van der Waals surface area (Å²) in [7, 11) is 0. The average Bonchev–Trinajstić information content (AvgIpc) is 3.47. The minimum Gasteiger partial charge on any atom is -0.368 e. The van der Waals surface area contributed by atoms with Crippen LogP contribution in [0.15, 0.2) is 53.9 Å². The molecule has 1 aromatic heterocycles. The quantitative estimate of drug-likeness (QED) is 0.486. The Hall–Kier alpha value is -4.11. The number of benzene rings is 2. The van der Waals surface area contributed by atoms with Crippen molar-refractivity contribution < 1.29 is 22.8 Å². The molecule has 2 aliphatic heterocycles. The molecule has 2 fully saturated rings. The first-order chi connectivity index (χ1) is 18.7. The summed E-state index contributed by atoms with van der Waals surface area (Å²) in [6.07, 6.45) is -4.40. The third-order valence-corrected chi connectivity index (χ3v) is 7.82. The van der Waals surface area contributed by atoms with Gasteiger partial charge in [0.15, 0.2) is 5.13 Å². The van der Waals surface area contributed by atoms with Crippen LogP contribution < -0.4 is 9.80 Å². The van der Waals surface area contributed by atoms with Crippen molar-refractivity contribution in [1.82, 2.24) is 14.8 Å². The van der Waals surface area contributed by atoms with Gasteiger partial charge in [0, 0.05) is 69.0 Å². The summed E-state index contributed by atoms with van der Waals surface area (Å²) in [5, 5.41) is 11.4. The van der Waals surface area contributed by atoms with E-state index in [1.165, 1.54) is 17.4 Å². The summed E-state index contributed by atoms with van der Waals surface area (Å²) in [5.74, 6) is -0.283. The average molecular weight is 555 g/mol. The van der Waals surface area contributed by atoms with Crippen molar-refractivity contribution in [2.75, 3.05) is 62.2 Å². The Morgan fingerprint density at radius 3 is 2.08 bits per heavy atom. The molecular formula is C27H25F3N6O2S. The Balaban J connectivity index is 1.14. The second-order valence-corrected chi connectivity index (χ2v) is 10.1. The number of hydrogen-bond acceptors (Lipinski definition) is 7. The van der Waals surface area contributed by atoms with Crippen LogP contribution in [0, 0.1) is 11.3 Å². The van der Waals surface area contributed by atoms with E-state index < -0.39 is 11.7 Å². The lowest BCUT2D eigenvalue weighted by molar-refractivity contribution is -0.137. The fourth-order valence-electron chi connectivity index (χ4n) is 4.69. The molecule has 0 radical (unpaired) electrons. The molecule has 8 nitrogen and oxygen atoms in total. The number of carbonyl (C=O) groups is 2. The molecule has 0 unspecified atom stereocenters. The molecule has 5 rings (SSSR count). The van der Waals surface area contributed by atoms with Gasteiger partial charge in [-0.2, -0.15) is 18.4 Å². The maximum atomic E-state index is 13.1.